The second kappa shape index (κ2) is 5.41. The molecule has 0 amide bonds. The first-order valence-corrected chi connectivity index (χ1v) is 7.32. The highest BCUT2D eigenvalue weighted by atomic mass is 16.3. The van der Waals surface area contributed by atoms with Crippen LogP contribution in [-0.4, -0.2) is 35.2 Å². The van der Waals surface area contributed by atoms with E-state index in [2.05, 4.69) is 29.2 Å². The SMILES string of the molecule is OC[C@@H]1CCCCN1[C@H]1CCc2ccccc2C1. The molecule has 2 heteroatoms. The van der Waals surface area contributed by atoms with E-state index in [1.807, 2.05) is 0 Å². The van der Waals surface area contributed by atoms with Gasteiger partial charge in [-0.3, -0.25) is 4.90 Å². The molecule has 98 valence electrons. The highest BCUT2D eigenvalue weighted by molar-refractivity contribution is 5.30. The van der Waals surface area contributed by atoms with Gasteiger partial charge in [-0.25, -0.2) is 0 Å². The molecule has 0 unspecified atom stereocenters. The molecular formula is C16H23NO. The Labute approximate surface area is 110 Å². The average molecular weight is 245 g/mol. The van der Waals surface area contributed by atoms with Crippen LogP contribution in [0.4, 0.5) is 0 Å². The highest BCUT2D eigenvalue weighted by Crippen LogP contribution is 2.28. The molecular weight excluding hydrogens is 222 g/mol. The molecule has 18 heavy (non-hydrogen) atoms. The summed E-state index contributed by atoms with van der Waals surface area (Å²) in [4.78, 5) is 2.58. The molecule has 1 N–H and O–H groups in total. The van der Waals surface area contributed by atoms with Crippen LogP contribution in [0.25, 0.3) is 0 Å². The standard InChI is InChI=1S/C16H23NO/c18-12-16-7-3-4-10-17(16)15-9-8-13-5-1-2-6-14(13)11-15/h1-2,5-6,15-16,18H,3-4,7-12H2/t15-,16-/m0/s1. The molecule has 2 nitrogen and oxygen atoms in total. The normalized spacial score (nSPS) is 28.9. The Bertz CT molecular complexity index is 404. The first-order chi connectivity index (χ1) is 8.88. The molecule has 0 bridgehead atoms. The maximum absolute atomic E-state index is 9.55. The Hall–Kier alpha value is -0.860. The molecule has 1 aromatic carbocycles. The number of benzene rings is 1. The largest absolute Gasteiger partial charge is 0.395 e. The molecule has 1 heterocycles. The van der Waals surface area contributed by atoms with Gasteiger partial charge in [0.1, 0.15) is 0 Å². The Morgan fingerprint density at radius 1 is 1.11 bits per heavy atom. The van der Waals surface area contributed by atoms with E-state index in [0.717, 1.165) is 0 Å². The minimum atomic E-state index is 0.331. The van der Waals surface area contributed by atoms with E-state index in [1.54, 1.807) is 0 Å². The molecule has 1 fully saturated rings. The number of fused-ring (bicyclic) bond motifs is 1. The number of piperidine rings is 1. The molecule has 1 aliphatic heterocycles. The van der Waals surface area contributed by atoms with Crippen LogP contribution < -0.4 is 0 Å². The van der Waals surface area contributed by atoms with Crippen LogP contribution in [0.1, 0.15) is 36.8 Å². The predicted octanol–water partition coefficient (Wildman–Crippen LogP) is 2.39. The van der Waals surface area contributed by atoms with Gasteiger partial charge in [-0.05, 0) is 49.8 Å². The van der Waals surface area contributed by atoms with Crippen molar-refractivity contribution in [3.8, 4) is 0 Å². The topological polar surface area (TPSA) is 23.5 Å². The van der Waals surface area contributed by atoms with E-state index >= 15 is 0 Å². The molecule has 1 aromatic rings. The van der Waals surface area contributed by atoms with Crippen LogP contribution >= 0.6 is 0 Å². The summed E-state index contributed by atoms with van der Waals surface area (Å²) in [6.07, 6.45) is 7.39. The summed E-state index contributed by atoms with van der Waals surface area (Å²) in [5, 5.41) is 9.55. The lowest BCUT2D eigenvalue weighted by Gasteiger charge is -2.42. The summed E-state index contributed by atoms with van der Waals surface area (Å²) in [5.41, 5.74) is 3.06. The third kappa shape index (κ3) is 2.32. The Balaban J connectivity index is 1.74. The lowest BCUT2D eigenvalue weighted by atomic mass is 9.85. The van der Waals surface area contributed by atoms with E-state index < -0.39 is 0 Å². The van der Waals surface area contributed by atoms with Crippen molar-refractivity contribution in [2.75, 3.05) is 13.2 Å². The van der Waals surface area contributed by atoms with Gasteiger partial charge < -0.3 is 5.11 Å². The summed E-state index contributed by atoms with van der Waals surface area (Å²) >= 11 is 0. The zero-order chi connectivity index (χ0) is 12.4. The van der Waals surface area contributed by atoms with Crippen molar-refractivity contribution < 1.29 is 5.11 Å². The maximum atomic E-state index is 9.55. The molecule has 1 aliphatic carbocycles. The third-order valence-electron chi connectivity index (χ3n) is 4.67. The molecule has 0 saturated carbocycles. The maximum Gasteiger partial charge on any atom is 0.0586 e. The number of likely N-dealkylation sites (tertiary alicyclic amines) is 1. The van der Waals surface area contributed by atoms with Gasteiger partial charge in [-0.2, -0.15) is 0 Å². The molecule has 0 aromatic heterocycles. The highest BCUT2D eigenvalue weighted by Gasteiger charge is 2.30. The fraction of sp³-hybridized carbons (Fsp3) is 0.625. The Kier molecular flexibility index (Phi) is 3.67. The van der Waals surface area contributed by atoms with Gasteiger partial charge in [0.15, 0.2) is 0 Å². The predicted molar refractivity (Wildman–Crippen MR) is 73.7 cm³/mol. The molecule has 2 atom stereocenters. The second-order valence-electron chi connectivity index (χ2n) is 5.74. The van der Waals surface area contributed by atoms with Gasteiger partial charge in [0, 0.05) is 12.1 Å². The van der Waals surface area contributed by atoms with Crippen LogP contribution in [0.2, 0.25) is 0 Å². The van der Waals surface area contributed by atoms with Gasteiger partial charge >= 0.3 is 0 Å². The summed E-state index contributed by atoms with van der Waals surface area (Å²) in [7, 11) is 0. The van der Waals surface area contributed by atoms with Crippen molar-refractivity contribution in [3.63, 3.8) is 0 Å². The van der Waals surface area contributed by atoms with Crippen LogP contribution in [-0.2, 0) is 12.8 Å². The second-order valence-corrected chi connectivity index (χ2v) is 5.74. The van der Waals surface area contributed by atoms with Crippen LogP contribution in [0.5, 0.6) is 0 Å². The summed E-state index contributed by atoms with van der Waals surface area (Å²) < 4.78 is 0. The van der Waals surface area contributed by atoms with Gasteiger partial charge in [-0.15, -0.1) is 0 Å². The summed E-state index contributed by atoms with van der Waals surface area (Å²) in [6, 6.07) is 9.91. The van der Waals surface area contributed by atoms with Gasteiger partial charge in [0.25, 0.3) is 0 Å². The lowest BCUT2D eigenvalue weighted by Crippen LogP contribution is -2.49. The Morgan fingerprint density at radius 2 is 1.94 bits per heavy atom. The van der Waals surface area contributed by atoms with E-state index in [-0.39, 0.29) is 0 Å². The van der Waals surface area contributed by atoms with Crippen LogP contribution in [0.3, 0.4) is 0 Å². The van der Waals surface area contributed by atoms with Crippen molar-refractivity contribution in [1.82, 2.24) is 4.90 Å². The Morgan fingerprint density at radius 3 is 2.78 bits per heavy atom. The molecule has 2 aliphatic rings. The van der Waals surface area contributed by atoms with Crippen LogP contribution in [0, 0.1) is 0 Å². The molecule has 0 spiro atoms. The average Bonchev–Trinajstić information content (AvgIpc) is 2.46. The molecule has 1 saturated heterocycles. The van der Waals surface area contributed by atoms with Gasteiger partial charge in [-0.1, -0.05) is 30.7 Å². The minimum Gasteiger partial charge on any atom is -0.395 e. The number of rotatable bonds is 2. The fourth-order valence-corrected chi connectivity index (χ4v) is 3.66. The van der Waals surface area contributed by atoms with E-state index in [0.29, 0.717) is 18.7 Å². The van der Waals surface area contributed by atoms with Crippen molar-refractivity contribution in [1.29, 1.82) is 0 Å². The first kappa shape index (κ1) is 12.2. The smallest absolute Gasteiger partial charge is 0.0586 e. The number of hydrogen-bond acceptors (Lipinski definition) is 2. The van der Waals surface area contributed by atoms with E-state index in [1.165, 1.54) is 56.2 Å². The van der Waals surface area contributed by atoms with E-state index in [9.17, 15) is 5.11 Å². The monoisotopic (exact) mass is 245 g/mol. The zero-order valence-electron chi connectivity index (χ0n) is 11.0. The fourth-order valence-electron chi connectivity index (χ4n) is 3.66. The number of aliphatic hydroxyl groups is 1. The molecule has 0 radical (unpaired) electrons. The minimum absolute atomic E-state index is 0.331. The van der Waals surface area contributed by atoms with Gasteiger partial charge in [0.05, 0.1) is 6.61 Å². The first-order valence-electron chi connectivity index (χ1n) is 7.32. The summed E-state index contributed by atoms with van der Waals surface area (Å²) in [6.45, 7) is 1.51. The van der Waals surface area contributed by atoms with Crippen LogP contribution in [0.15, 0.2) is 24.3 Å². The quantitative estimate of drug-likeness (QED) is 0.865. The van der Waals surface area contributed by atoms with Crippen molar-refractivity contribution in [2.24, 2.45) is 0 Å². The van der Waals surface area contributed by atoms with Crippen molar-refractivity contribution >= 4 is 0 Å². The summed E-state index contributed by atoms with van der Waals surface area (Å²) in [5.74, 6) is 0. The van der Waals surface area contributed by atoms with E-state index in [4.69, 9.17) is 0 Å². The number of aryl methyl sites for hydroxylation is 1. The lowest BCUT2D eigenvalue weighted by molar-refractivity contribution is 0.0475. The van der Waals surface area contributed by atoms with Crippen molar-refractivity contribution in [3.05, 3.63) is 35.4 Å². The number of aliphatic hydroxyl groups excluding tert-OH is 1. The number of hydrogen-bond donors (Lipinski definition) is 1. The number of nitrogens with zero attached hydrogens (tertiary/aromatic N) is 1. The van der Waals surface area contributed by atoms with Crippen molar-refractivity contribution in [2.45, 2.75) is 50.6 Å². The third-order valence-corrected chi connectivity index (χ3v) is 4.67. The zero-order valence-corrected chi connectivity index (χ0v) is 11.0. The van der Waals surface area contributed by atoms with Gasteiger partial charge in [0.2, 0.25) is 0 Å². The molecule has 3 rings (SSSR count).